The van der Waals surface area contributed by atoms with E-state index in [1.165, 1.54) is 0 Å². The number of nitrogens with zero attached hydrogens (tertiary/aromatic N) is 3. The molecule has 4 rings (SSSR count). The molecule has 0 saturated heterocycles. The summed E-state index contributed by atoms with van der Waals surface area (Å²) in [5, 5.41) is 14.0. The van der Waals surface area contributed by atoms with Gasteiger partial charge in [-0.25, -0.2) is 0 Å². The van der Waals surface area contributed by atoms with Gasteiger partial charge in [0.25, 0.3) is 11.8 Å². The molecule has 1 aliphatic heterocycles. The fourth-order valence-electron chi connectivity index (χ4n) is 3.53. The Balaban J connectivity index is 1.34. The van der Waals surface area contributed by atoms with Crippen molar-refractivity contribution in [3.8, 4) is 5.75 Å². The summed E-state index contributed by atoms with van der Waals surface area (Å²) in [6.45, 7) is 3.25. The first-order chi connectivity index (χ1) is 15.5. The van der Waals surface area contributed by atoms with Crippen LogP contribution in [0.4, 0.5) is 0 Å². The Bertz CT molecular complexity index is 1070. The van der Waals surface area contributed by atoms with Crippen molar-refractivity contribution in [2.24, 2.45) is 0 Å². The lowest BCUT2D eigenvalue weighted by molar-refractivity contribution is 0.0915. The summed E-state index contributed by atoms with van der Waals surface area (Å²) < 4.78 is 17.7. The predicted octanol–water partition coefficient (Wildman–Crippen LogP) is 1.49. The Hall–Kier alpha value is -3.66. The zero-order valence-electron chi connectivity index (χ0n) is 18.0. The van der Waals surface area contributed by atoms with E-state index in [4.69, 9.17) is 14.0 Å². The molecule has 10 heteroatoms. The van der Waals surface area contributed by atoms with Gasteiger partial charge in [-0.15, -0.1) is 0 Å². The predicted molar refractivity (Wildman–Crippen MR) is 113 cm³/mol. The normalized spacial score (nSPS) is 14.8. The van der Waals surface area contributed by atoms with Gasteiger partial charge in [0.1, 0.15) is 23.8 Å². The number of carbonyl (C=O) groups is 2. The third-order valence-corrected chi connectivity index (χ3v) is 5.20. The fraction of sp³-hybridized carbons (Fsp3) is 0.364. The van der Waals surface area contributed by atoms with Gasteiger partial charge < -0.3 is 24.6 Å². The third kappa shape index (κ3) is 4.80. The Morgan fingerprint density at radius 1 is 1.25 bits per heavy atom. The number of aromatic nitrogens is 3. The van der Waals surface area contributed by atoms with E-state index in [-0.39, 0.29) is 30.2 Å². The first-order valence-electron chi connectivity index (χ1n) is 10.3. The molecule has 1 atom stereocenters. The van der Waals surface area contributed by atoms with Crippen molar-refractivity contribution in [2.75, 3.05) is 20.3 Å². The minimum Gasteiger partial charge on any atom is -0.489 e. The quantitative estimate of drug-likeness (QED) is 0.485. The van der Waals surface area contributed by atoms with Crippen molar-refractivity contribution in [1.29, 1.82) is 0 Å². The van der Waals surface area contributed by atoms with Gasteiger partial charge in [-0.05, 0) is 25.1 Å². The fourth-order valence-corrected chi connectivity index (χ4v) is 3.53. The molecule has 1 aromatic carbocycles. The maximum Gasteiger partial charge on any atom is 0.274 e. The molecular formula is C22H25N5O5. The van der Waals surface area contributed by atoms with Crippen LogP contribution in [0.15, 0.2) is 40.9 Å². The second kappa shape index (κ2) is 9.65. The third-order valence-electron chi connectivity index (χ3n) is 5.20. The number of carbonyl (C=O) groups excluding carboxylic acids is 2. The van der Waals surface area contributed by atoms with Gasteiger partial charge in [-0.2, -0.15) is 5.10 Å². The summed E-state index contributed by atoms with van der Waals surface area (Å²) in [7, 11) is 1.57. The van der Waals surface area contributed by atoms with Crippen molar-refractivity contribution in [3.63, 3.8) is 0 Å². The zero-order chi connectivity index (χ0) is 22.5. The summed E-state index contributed by atoms with van der Waals surface area (Å²) in [5.41, 5.74) is 2.06. The maximum absolute atomic E-state index is 12.8. The van der Waals surface area contributed by atoms with E-state index in [0.717, 1.165) is 5.69 Å². The molecule has 1 aliphatic rings. The number of aryl methyl sites for hydroxylation is 1. The van der Waals surface area contributed by atoms with Gasteiger partial charge in [-0.1, -0.05) is 23.4 Å². The summed E-state index contributed by atoms with van der Waals surface area (Å²) in [6.07, 6.45) is 0.566. The molecule has 0 aliphatic carbocycles. The molecule has 0 saturated carbocycles. The summed E-state index contributed by atoms with van der Waals surface area (Å²) >= 11 is 0. The van der Waals surface area contributed by atoms with Gasteiger partial charge in [0.2, 0.25) is 0 Å². The number of para-hydroxylation sites is 1. The summed E-state index contributed by atoms with van der Waals surface area (Å²) in [4.78, 5) is 25.0. The highest BCUT2D eigenvalue weighted by Crippen LogP contribution is 2.20. The molecular weight excluding hydrogens is 414 g/mol. The Morgan fingerprint density at radius 2 is 2.06 bits per heavy atom. The number of benzene rings is 1. The average Bonchev–Trinajstić information content (AvgIpc) is 3.46. The Kier molecular flexibility index (Phi) is 6.50. The van der Waals surface area contributed by atoms with Crippen LogP contribution in [0.5, 0.6) is 5.75 Å². The van der Waals surface area contributed by atoms with Crippen LogP contribution in [-0.4, -0.2) is 53.1 Å². The highest BCUT2D eigenvalue weighted by molar-refractivity contribution is 5.94. The topological polar surface area (TPSA) is 121 Å². The van der Waals surface area contributed by atoms with Crippen molar-refractivity contribution < 1.29 is 23.6 Å². The van der Waals surface area contributed by atoms with Crippen molar-refractivity contribution in [1.82, 2.24) is 25.6 Å². The molecule has 10 nitrogen and oxygen atoms in total. The van der Waals surface area contributed by atoms with Crippen LogP contribution in [0.1, 0.15) is 38.0 Å². The van der Waals surface area contributed by atoms with Crippen LogP contribution >= 0.6 is 0 Å². The lowest BCUT2D eigenvalue weighted by Gasteiger charge is -2.12. The van der Waals surface area contributed by atoms with E-state index in [2.05, 4.69) is 20.9 Å². The standard InChI is InChI=1S/C22H25N5O5/c1-14-18(13-31-17-6-4-3-5-7-17)20(26-32-14)22(29)24-15-10-16-11-19(25-27(16)12-15)21(28)23-8-9-30-2/h3-7,11,15H,8-10,12-13H2,1-2H3,(H,23,28)(H,24,29)/t15-/m0/s1. The second-order valence-corrected chi connectivity index (χ2v) is 7.49. The largest absolute Gasteiger partial charge is 0.489 e. The molecule has 0 radical (unpaired) electrons. The molecule has 0 bridgehead atoms. The van der Waals surface area contributed by atoms with Gasteiger partial charge >= 0.3 is 0 Å². The number of nitrogens with one attached hydrogen (secondary N) is 2. The molecule has 32 heavy (non-hydrogen) atoms. The molecule has 168 valence electrons. The van der Waals surface area contributed by atoms with E-state index in [1.807, 2.05) is 30.3 Å². The number of ether oxygens (including phenoxy) is 2. The molecule has 0 fully saturated rings. The lowest BCUT2D eigenvalue weighted by atomic mass is 10.1. The summed E-state index contributed by atoms with van der Waals surface area (Å²) in [6, 6.07) is 10.9. The number of hydrogen-bond acceptors (Lipinski definition) is 7. The van der Waals surface area contributed by atoms with Gasteiger partial charge in [0.05, 0.1) is 24.8 Å². The van der Waals surface area contributed by atoms with Crippen LogP contribution in [-0.2, 0) is 24.3 Å². The molecule has 0 unspecified atom stereocenters. The molecule has 2 aromatic heterocycles. The SMILES string of the molecule is COCCNC(=O)c1cc2n(n1)C[C@@H](NC(=O)c1noc(C)c1COc1ccccc1)C2. The number of methoxy groups -OCH3 is 1. The minimum absolute atomic E-state index is 0.157. The first kappa shape index (κ1) is 21.6. The van der Waals surface area contributed by atoms with Crippen LogP contribution in [0.2, 0.25) is 0 Å². The van der Waals surface area contributed by atoms with Gasteiger partial charge in [-0.3, -0.25) is 14.3 Å². The van der Waals surface area contributed by atoms with Gasteiger partial charge in [0, 0.05) is 25.8 Å². The highest BCUT2D eigenvalue weighted by Gasteiger charge is 2.29. The minimum atomic E-state index is -0.332. The lowest BCUT2D eigenvalue weighted by Crippen LogP contribution is -2.37. The molecule has 2 N–H and O–H groups in total. The second-order valence-electron chi connectivity index (χ2n) is 7.49. The van der Waals surface area contributed by atoms with Crippen LogP contribution in [0.3, 0.4) is 0 Å². The molecule has 3 aromatic rings. The molecule has 0 spiro atoms. The zero-order valence-corrected chi connectivity index (χ0v) is 18.0. The number of hydrogen-bond donors (Lipinski definition) is 2. The van der Waals surface area contributed by atoms with Crippen molar-refractivity contribution in [3.05, 3.63) is 64.8 Å². The van der Waals surface area contributed by atoms with Crippen molar-refractivity contribution in [2.45, 2.75) is 32.5 Å². The van der Waals surface area contributed by atoms with Gasteiger partial charge in [0.15, 0.2) is 5.69 Å². The van der Waals surface area contributed by atoms with Crippen LogP contribution < -0.4 is 15.4 Å². The van der Waals surface area contributed by atoms with Crippen LogP contribution in [0, 0.1) is 6.92 Å². The van der Waals surface area contributed by atoms with E-state index in [9.17, 15) is 9.59 Å². The number of amides is 2. The smallest absolute Gasteiger partial charge is 0.274 e. The van der Waals surface area contributed by atoms with Crippen molar-refractivity contribution >= 4 is 11.8 Å². The Labute approximate surface area is 184 Å². The summed E-state index contributed by atoms with van der Waals surface area (Å²) in [5.74, 6) is 0.657. The maximum atomic E-state index is 12.8. The highest BCUT2D eigenvalue weighted by atomic mass is 16.5. The average molecular weight is 439 g/mol. The van der Waals surface area contributed by atoms with Crippen LogP contribution in [0.25, 0.3) is 0 Å². The van der Waals surface area contributed by atoms with E-state index < -0.39 is 0 Å². The monoisotopic (exact) mass is 439 g/mol. The number of fused-ring (bicyclic) bond motifs is 1. The van der Waals surface area contributed by atoms with E-state index in [0.29, 0.717) is 48.9 Å². The molecule has 3 heterocycles. The molecule has 2 amide bonds. The first-order valence-corrected chi connectivity index (χ1v) is 10.3. The number of rotatable bonds is 9. The Morgan fingerprint density at radius 3 is 2.81 bits per heavy atom. The van der Waals surface area contributed by atoms with E-state index in [1.54, 1.807) is 24.8 Å². The van der Waals surface area contributed by atoms with E-state index >= 15 is 0 Å².